The summed E-state index contributed by atoms with van der Waals surface area (Å²) in [6.45, 7) is 3.67. The third kappa shape index (κ3) is 4.78. The van der Waals surface area contributed by atoms with Gasteiger partial charge in [0.25, 0.3) is 5.92 Å². The van der Waals surface area contributed by atoms with Crippen LogP contribution in [0.5, 0.6) is 5.75 Å². The van der Waals surface area contributed by atoms with Gasteiger partial charge in [-0.3, -0.25) is 0 Å². The highest BCUT2D eigenvalue weighted by Crippen LogP contribution is 2.33. The Balaban J connectivity index is 1.86. The molecule has 1 heterocycles. The molecule has 1 aromatic rings. The largest absolute Gasteiger partial charge is 0.490 e. The number of unbranched alkanes of at least 4 members (excludes halogenated alkanes) is 1. The Kier molecular flexibility index (Phi) is 5.38. The molecule has 0 aliphatic heterocycles. The summed E-state index contributed by atoms with van der Waals surface area (Å²) in [6.07, 6.45) is 3.93. The summed E-state index contributed by atoms with van der Waals surface area (Å²) >= 11 is 5.76. The van der Waals surface area contributed by atoms with Crippen molar-refractivity contribution in [2.24, 2.45) is 0 Å². The minimum atomic E-state index is -3.03. The molecule has 0 spiro atoms. The number of hydrogen-bond donors (Lipinski definition) is 0. The third-order valence-corrected chi connectivity index (χ3v) is 3.62. The second-order valence-electron chi connectivity index (χ2n) is 5.46. The van der Waals surface area contributed by atoms with Crippen molar-refractivity contribution in [3.8, 4) is 5.75 Å². The van der Waals surface area contributed by atoms with Crippen LogP contribution in [0.15, 0.2) is 12.1 Å². The van der Waals surface area contributed by atoms with Crippen LogP contribution in [0.1, 0.15) is 45.2 Å². The zero-order valence-corrected chi connectivity index (χ0v) is 13.0. The van der Waals surface area contributed by atoms with Crippen LogP contribution < -0.4 is 4.74 Å². The molecule has 0 atom stereocenters. The summed E-state index contributed by atoms with van der Waals surface area (Å²) in [5.41, 5.74) is -0.375. The van der Waals surface area contributed by atoms with Crippen LogP contribution in [-0.2, 0) is 10.7 Å². The van der Waals surface area contributed by atoms with Gasteiger partial charge < -0.3 is 9.47 Å². The Hall–Kier alpha value is -0.940. The Bertz CT molecular complexity index is 473. The monoisotopic (exact) mass is 319 g/mol. The van der Waals surface area contributed by atoms with E-state index in [4.69, 9.17) is 21.1 Å². The fourth-order valence-corrected chi connectivity index (χ4v) is 2.30. The number of hydrogen-bond acceptors (Lipinski definition) is 3. The van der Waals surface area contributed by atoms with Gasteiger partial charge in [-0.2, -0.15) is 8.78 Å². The molecular weight excluding hydrogens is 300 g/mol. The van der Waals surface area contributed by atoms with E-state index in [9.17, 15) is 8.78 Å². The van der Waals surface area contributed by atoms with E-state index >= 15 is 0 Å². The maximum Gasteiger partial charge on any atom is 0.287 e. The highest BCUT2D eigenvalue weighted by molar-refractivity contribution is 6.29. The topological polar surface area (TPSA) is 31.4 Å². The highest BCUT2D eigenvalue weighted by Gasteiger charge is 2.32. The van der Waals surface area contributed by atoms with Crippen molar-refractivity contribution in [1.29, 1.82) is 0 Å². The fourth-order valence-electron chi connectivity index (χ4n) is 2.10. The van der Waals surface area contributed by atoms with Crippen LogP contribution in [-0.4, -0.2) is 23.8 Å². The van der Waals surface area contributed by atoms with Crippen molar-refractivity contribution >= 4 is 11.6 Å². The minimum absolute atomic E-state index is 0.00609. The predicted octanol–water partition coefficient (Wildman–Crippen LogP) is 4.57. The number of ether oxygens (including phenoxy) is 2. The molecule has 0 bridgehead atoms. The van der Waals surface area contributed by atoms with Crippen molar-refractivity contribution in [3.05, 3.63) is 23.0 Å². The number of nitrogens with zero attached hydrogens (tertiary/aromatic N) is 1. The summed E-state index contributed by atoms with van der Waals surface area (Å²) in [4.78, 5) is 3.63. The maximum atomic E-state index is 13.3. The zero-order valence-electron chi connectivity index (χ0n) is 12.2. The number of pyridine rings is 1. The van der Waals surface area contributed by atoms with E-state index in [-0.39, 0.29) is 23.1 Å². The lowest BCUT2D eigenvalue weighted by molar-refractivity contribution is -0.0616. The van der Waals surface area contributed by atoms with Gasteiger partial charge in [-0.25, -0.2) is 4.98 Å². The maximum absolute atomic E-state index is 13.3. The van der Waals surface area contributed by atoms with Crippen LogP contribution in [0.4, 0.5) is 8.78 Å². The van der Waals surface area contributed by atoms with E-state index in [1.54, 1.807) is 0 Å². The zero-order chi connectivity index (χ0) is 15.5. The number of rotatable bonds is 7. The van der Waals surface area contributed by atoms with Gasteiger partial charge in [0.2, 0.25) is 0 Å². The number of halogens is 3. The van der Waals surface area contributed by atoms with E-state index in [1.807, 2.05) is 0 Å². The molecule has 2 rings (SSSR count). The average Bonchev–Trinajstić information content (AvgIpc) is 2.34. The first kappa shape index (κ1) is 16.4. The second-order valence-corrected chi connectivity index (χ2v) is 5.84. The van der Waals surface area contributed by atoms with Gasteiger partial charge in [0.05, 0.1) is 6.10 Å². The minimum Gasteiger partial charge on any atom is -0.490 e. The molecule has 1 aliphatic rings. The van der Waals surface area contributed by atoms with Crippen molar-refractivity contribution in [2.75, 3.05) is 6.61 Å². The first-order chi connectivity index (χ1) is 9.88. The van der Waals surface area contributed by atoms with Crippen molar-refractivity contribution in [1.82, 2.24) is 4.98 Å². The predicted molar refractivity (Wildman–Crippen MR) is 77.1 cm³/mol. The smallest absolute Gasteiger partial charge is 0.287 e. The van der Waals surface area contributed by atoms with Gasteiger partial charge in [-0.15, -0.1) is 0 Å². The number of alkyl halides is 2. The Labute approximate surface area is 128 Å². The lowest BCUT2D eigenvalue weighted by Crippen LogP contribution is -2.39. The molecule has 0 amide bonds. The summed E-state index contributed by atoms with van der Waals surface area (Å²) in [5.74, 6) is -2.70. The molecule has 1 saturated carbocycles. The second kappa shape index (κ2) is 6.88. The van der Waals surface area contributed by atoms with Crippen LogP contribution in [0.2, 0.25) is 5.15 Å². The first-order valence-corrected chi connectivity index (χ1v) is 7.60. The van der Waals surface area contributed by atoms with E-state index in [2.05, 4.69) is 11.9 Å². The fraction of sp³-hybridized carbons (Fsp3) is 0.667. The van der Waals surface area contributed by atoms with Crippen LogP contribution in [0.3, 0.4) is 0 Å². The standard InChI is InChI=1S/C15H20ClF2NO2/c1-3-4-5-20-10-6-11(7-10)21-12-8-13(15(2,17)18)19-14(16)9-12/h8-11H,3-7H2,1-2H3. The lowest BCUT2D eigenvalue weighted by atomic mass is 9.92. The molecule has 1 fully saturated rings. The van der Waals surface area contributed by atoms with E-state index in [0.29, 0.717) is 5.75 Å². The van der Waals surface area contributed by atoms with Crippen molar-refractivity contribution in [2.45, 2.75) is 57.7 Å². The average molecular weight is 320 g/mol. The van der Waals surface area contributed by atoms with Crippen molar-refractivity contribution in [3.63, 3.8) is 0 Å². The van der Waals surface area contributed by atoms with Crippen LogP contribution in [0, 0.1) is 0 Å². The molecule has 0 saturated heterocycles. The van der Waals surface area contributed by atoms with Gasteiger partial charge >= 0.3 is 0 Å². The molecule has 1 aliphatic carbocycles. The summed E-state index contributed by atoms with van der Waals surface area (Å²) in [5, 5.41) is 0.0131. The summed E-state index contributed by atoms with van der Waals surface area (Å²) < 4.78 is 37.9. The molecule has 6 heteroatoms. The van der Waals surface area contributed by atoms with E-state index in [0.717, 1.165) is 39.2 Å². The quantitative estimate of drug-likeness (QED) is 0.545. The molecule has 1 aromatic heterocycles. The Morgan fingerprint density at radius 1 is 1.33 bits per heavy atom. The lowest BCUT2D eigenvalue weighted by Gasteiger charge is -2.35. The SMILES string of the molecule is CCCCOC1CC(Oc2cc(Cl)nc(C(C)(F)F)c2)C1. The molecule has 0 aromatic carbocycles. The summed E-state index contributed by atoms with van der Waals surface area (Å²) in [6, 6.07) is 2.71. The molecule has 118 valence electrons. The van der Waals surface area contributed by atoms with Gasteiger partial charge in [-0.1, -0.05) is 24.9 Å². The molecule has 0 radical (unpaired) electrons. The highest BCUT2D eigenvalue weighted by atomic mass is 35.5. The van der Waals surface area contributed by atoms with Gasteiger partial charge in [0, 0.05) is 38.5 Å². The molecular formula is C15H20ClF2NO2. The van der Waals surface area contributed by atoms with Crippen LogP contribution in [0.25, 0.3) is 0 Å². The van der Waals surface area contributed by atoms with Crippen molar-refractivity contribution < 1.29 is 18.3 Å². The van der Waals surface area contributed by atoms with E-state index < -0.39 is 5.92 Å². The van der Waals surface area contributed by atoms with E-state index in [1.165, 1.54) is 12.1 Å². The Morgan fingerprint density at radius 3 is 2.67 bits per heavy atom. The summed E-state index contributed by atoms with van der Waals surface area (Å²) in [7, 11) is 0. The molecule has 0 unspecified atom stereocenters. The third-order valence-electron chi connectivity index (χ3n) is 3.42. The molecule has 21 heavy (non-hydrogen) atoms. The van der Waals surface area contributed by atoms with Crippen LogP contribution >= 0.6 is 11.6 Å². The normalized spacial score (nSPS) is 22.0. The first-order valence-electron chi connectivity index (χ1n) is 7.22. The molecule has 3 nitrogen and oxygen atoms in total. The Morgan fingerprint density at radius 2 is 2.05 bits per heavy atom. The van der Waals surface area contributed by atoms with Gasteiger partial charge in [0.1, 0.15) is 22.7 Å². The molecule has 0 N–H and O–H groups in total. The number of aromatic nitrogens is 1. The van der Waals surface area contributed by atoms with Gasteiger partial charge in [-0.05, 0) is 6.42 Å². The van der Waals surface area contributed by atoms with Gasteiger partial charge in [0.15, 0.2) is 0 Å².